The maximum atomic E-state index is 12.2. The highest BCUT2D eigenvalue weighted by Crippen LogP contribution is 2.32. The molecule has 0 aliphatic carbocycles. The van der Waals surface area contributed by atoms with E-state index in [0.29, 0.717) is 18.1 Å². The Balaban J connectivity index is 1.51. The maximum absolute atomic E-state index is 12.2. The first-order valence-electron chi connectivity index (χ1n) is 8.14. The Hall–Kier alpha value is -2.24. The number of hydrogen-bond acceptors (Lipinski definition) is 4. The molecule has 1 unspecified atom stereocenters. The summed E-state index contributed by atoms with van der Waals surface area (Å²) in [7, 11) is 1.92. The van der Waals surface area contributed by atoms with Gasteiger partial charge >= 0.3 is 0 Å². The Labute approximate surface area is 152 Å². The Morgan fingerprint density at radius 3 is 2.84 bits per heavy atom. The third kappa shape index (κ3) is 4.44. The van der Waals surface area contributed by atoms with Crippen LogP contribution >= 0.6 is 11.6 Å². The van der Waals surface area contributed by atoms with E-state index in [2.05, 4.69) is 12.2 Å². The average molecular weight is 361 g/mol. The fourth-order valence-electron chi connectivity index (χ4n) is 2.69. The van der Waals surface area contributed by atoms with E-state index in [-0.39, 0.29) is 18.7 Å². The molecule has 1 amide bonds. The highest BCUT2D eigenvalue weighted by atomic mass is 35.5. The van der Waals surface area contributed by atoms with Crippen molar-refractivity contribution in [3.05, 3.63) is 58.6 Å². The second-order valence-electron chi connectivity index (χ2n) is 6.11. The summed E-state index contributed by atoms with van der Waals surface area (Å²) >= 11 is 6.04. The molecule has 0 radical (unpaired) electrons. The van der Waals surface area contributed by atoms with Crippen molar-refractivity contribution >= 4 is 17.5 Å². The van der Waals surface area contributed by atoms with Gasteiger partial charge in [0.2, 0.25) is 12.7 Å². The van der Waals surface area contributed by atoms with Crippen LogP contribution in [0.5, 0.6) is 11.5 Å². The summed E-state index contributed by atoms with van der Waals surface area (Å²) in [6.45, 7) is 3.06. The van der Waals surface area contributed by atoms with E-state index >= 15 is 0 Å². The van der Waals surface area contributed by atoms with Crippen molar-refractivity contribution < 1.29 is 14.3 Å². The van der Waals surface area contributed by atoms with E-state index in [1.807, 2.05) is 54.4 Å². The number of halogens is 1. The number of amides is 1. The number of nitrogens with one attached hydrogen (secondary N) is 1. The molecule has 0 saturated heterocycles. The van der Waals surface area contributed by atoms with E-state index in [1.165, 1.54) is 0 Å². The van der Waals surface area contributed by atoms with Crippen LogP contribution in [-0.2, 0) is 11.3 Å². The van der Waals surface area contributed by atoms with Gasteiger partial charge in [0.05, 0.1) is 6.54 Å². The molecule has 1 heterocycles. The van der Waals surface area contributed by atoms with Crippen molar-refractivity contribution in [2.24, 2.45) is 0 Å². The van der Waals surface area contributed by atoms with Crippen LogP contribution in [0.3, 0.4) is 0 Å². The number of hydrogen-bond donors (Lipinski definition) is 1. The first-order valence-corrected chi connectivity index (χ1v) is 8.51. The van der Waals surface area contributed by atoms with Gasteiger partial charge in [0.15, 0.2) is 11.5 Å². The zero-order valence-corrected chi connectivity index (χ0v) is 15.0. The van der Waals surface area contributed by atoms with Crippen molar-refractivity contribution in [3.63, 3.8) is 0 Å². The zero-order chi connectivity index (χ0) is 17.8. The number of fused-ring (bicyclic) bond motifs is 1. The van der Waals surface area contributed by atoms with Crippen molar-refractivity contribution in [2.45, 2.75) is 19.5 Å². The van der Waals surface area contributed by atoms with Gasteiger partial charge in [0, 0.05) is 17.6 Å². The Morgan fingerprint density at radius 1 is 1.24 bits per heavy atom. The maximum Gasteiger partial charge on any atom is 0.234 e. The van der Waals surface area contributed by atoms with E-state index in [4.69, 9.17) is 21.1 Å². The molecule has 0 saturated carbocycles. The van der Waals surface area contributed by atoms with Gasteiger partial charge in [-0.3, -0.25) is 9.69 Å². The molecule has 2 aromatic carbocycles. The third-order valence-corrected chi connectivity index (χ3v) is 4.55. The van der Waals surface area contributed by atoms with Crippen LogP contribution in [0.15, 0.2) is 42.5 Å². The predicted molar refractivity (Wildman–Crippen MR) is 96.9 cm³/mol. The van der Waals surface area contributed by atoms with Gasteiger partial charge in [0.1, 0.15) is 0 Å². The van der Waals surface area contributed by atoms with Crippen LogP contribution in [0.4, 0.5) is 0 Å². The van der Waals surface area contributed by atoms with Gasteiger partial charge in [-0.25, -0.2) is 0 Å². The minimum Gasteiger partial charge on any atom is -0.454 e. The first kappa shape index (κ1) is 17.6. The summed E-state index contributed by atoms with van der Waals surface area (Å²) in [4.78, 5) is 14.2. The van der Waals surface area contributed by atoms with Crippen LogP contribution < -0.4 is 14.8 Å². The number of carbonyl (C=O) groups excluding carboxylic acids is 1. The molecule has 25 heavy (non-hydrogen) atoms. The molecule has 0 bridgehead atoms. The van der Waals surface area contributed by atoms with E-state index in [9.17, 15) is 4.79 Å². The molecule has 5 nitrogen and oxygen atoms in total. The van der Waals surface area contributed by atoms with Gasteiger partial charge in [-0.15, -0.1) is 0 Å². The van der Waals surface area contributed by atoms with Gasteiger partial charge in [0.25, 0.3) is 0 Å². The number of rotatable bonds is 6. The van der Waals surface area contributed by atoms with E-state index < -0.39 is 0 Å². The standard InChI is InChI=1S/C19H21ClN2O3/c1-13(15-4-3-5-16(20)9-15)22(2)11-19(23)21-10-14-6-7-17-18(8-14)25-12-24-17/h3-9,13H,10-12H2,1-2H3,(H,21,23). The van der Waals surface area contributed by atoms with Gasteiger partial charge in [-0.1, -0.05) is 29.8 Å². The lowest BCUT2D eigenvalue weighted by molar-refractivity contribution is -0.122. The second-order valence-corrected chi connectivity index (χ2v) is 6.55. The van der Waals surface area contributed by atoms with Crippen LogP contribution in [0, 0.1) is 0 Å². The number of benzene rings is 2. The van der Waals surface area contributed by atoms with E-state index in [0.717, 1.165) is 22.6 Å². The van der Waals surface area contributed by atoms with Gasteiger partial charge < -0.3 is 14.8 Å². The molecule has 1 atom stereocenters. The summed E-state index contributed by atoms with van der Waals surface area (Å²) in [5, 5.41) is 3.63. The van der Waals surface area contributed by atoms with Crippen LogP contribution in [-0.4, -0.2) is 31.2 Å². The molecule has 0 spiro atoms. The summed E-state index contributed by atoms with van der Waals surface area (Å²) in [6.07, 6.45) is 0. The van der Waals surface area contributed by atoms with Crippen molar-refractivity contribution in [1.82, 2.24) is 10.2 Å². The Bertz CT molecular complexity index is 766. The molecule has 2 aromatic rings. The first-order chi connectivity index (χ1) is 12.0. The summed E-state index contributed by atoms with van der Waals surface area (Å²) in [6, 6.07) is 13.5. The highest BCUT2D eigenvalue weighted by Gasteiger charge is 2.16. The molecule has 0 aromatic heterocycles. The van der Waals surface area contributed by atoms with Gasteiger partial charge in [-0.2, -0.15) is 0 Å². The van der Waals surface area contributed by atoms with Gasteiger partial charge in [-0.05, 0) is 49.4 Å². The average Bonchev–Trinajstić information content (AvgIpc) is 3.07. The summed E-state index contributed by atoms with van der Waals surface area (Å²) in [5.41, 5.74) is 2.06. The molecule has 1 N–H and O–H groups in total. The zero-order valence-electron chi connectivity index (χ0n) is 14.3. The Kier molecular flexibility index (Phi) is 5.46. The summed E-state index contributed by atoms with van der Waals surface area (Å²) < 4.78 is 10.6. The number of nitrogens with zero attached hydrogens (tertiary/aromatic N) is 1. The molecule has 6 heteroatoms. The quantitative estimate of drug-likeness (QED) is 0.858. The fourth-order valence-corrected chi connectivity index (χ4v) is 2.89. The number of likely N-dealkylation sites (N-methyl/N-ethyl adjacent to an activating group) is 1. The molecule has 132 valence electrons. The smallest absolute Gasteiger partial charge is 0.234 e. The molecule has 1 aliphatic rings. The topological polar surface area (TPSA) is 50.8 Å². The molecule has 0 fully saturated rings. The van der Waals surface area contributed by atoms with Crippen LogP contribution in [0.2, 0.25) is 5.02 Å². The van der Waals surface area contributed by atoms with Crippen molar-refractivity contribution in [1.29, 1.82) is 0 Å². The second kappa shape index (κ2) is 7.76. The largest absolute Gasteiger partial charge is 0.454 e. The van der Waals surface area contributed by atoms with Crippen molar-refractivity contribution in [3.8, 4) is 11.5 Å². The fraction of sp³-hybridized carbons (Fsp3) is 0.316. The Morgan fingerprint density at radius 2 is 2.04 bits per heavy atom. The minimum absolute atomic E-state index is 0.0333. The third-order valence-electron chi connectivity index (χ3n) is 4.31. The molecular weight excluding hydrogens is 340 g/mol. The normalized spacial score (nSPS) is 13.8. The molecule has 1 aliphatic heterocycles. The number of carbonyl (C=O) groups is 1. The highest BCUT2D eigenvalue weighted by molar-refractivity contribution is 6.30. The lowest BCUT2D eigenvalue weighted by Gasteiger charge is -2.24. The predicted octanol–water partition coefficient (Wildman–Crippen LogP) is 3.38. The minimum atomic E-state index is -0.0333. The lowest BCUT2D eigenvalue weighted by Crippen LogP contribution is -2.36. The number of ether oxygens (including phenoxy) is 2. The SMILES string of the molecule is CC(c1cccc(Cl)c1)N(C)CC(=O)NCc1ccc2c(c1)OCO2. The lowest BCUT2D eigenvalue weighted by atomic mass is 10.1. The van der Waals surface area contributed by atoms with E-state index in [1.54, 1.807) is 0 Å². The molecule has 3 rings (SSSR count). The van der Waals surface area contributed by atoms with Crippen molar-refractivity contribution in [2.75, 3.05) is 20.4 Å². The summed E-state index contributed by atoms with van der Waals surface area (Å²) in [5.74, 6) is 1.43. The molecular formula is C19H21ClN2O3. The monoisotopic (exact) mass is 360 g/mol. The van der Waals surface area contributed by atoms with Crippen LogP contribution in [0.25, 0.3) is 0 Å². The van der Waals surface area contributed by atoms with Crippen LogP contribution in [0.1, 0.15) is 24.1 Å².